The first kappa shape index (κ1) is 20.8. The van der Waals surface area contributed by atoms with E-state index in [2.05, 4.69) is 90.1 Å². The summed E-state index contributed by atoms with van der Waals surface area (Å²) in [6, 6.07) is 10.6. The average Bonchev–Trinajstić information content (AvgIpc) is 3.04. The fraction of sp³-hybridized carbons (Fsp3) is 0.500. The Balaban J connectivity index is 2.24. The SMILES string of the molecule is CCCC(C)c1nc(C(C)(C)C)cc2nc(C(C)(C)C)n3c4ccccc4nc3c12. The molecule has 0 saturated heterocycles. The Labute approximate surface area is 179 Å². The zero-order valence-electron chi connectivity index (χ0n) is 19.7. The molecule has 0 amide bonds. The first-order valence-corrected chi connectivity index (χ1v) is 11.1. The van der Waals surface area contributed by atoms with Crippen LogP contribution in [0.5, 0.6) is 0 Å². The molecule has 1 aromatic carbocycles. The van der Waals surface area contributed by atoms with Crippen molar-refractivity contribution in [2.75, 3.05) is 0 Å². The molecule has 4 aromatic rings. The van der Waals surface area contributed by atoms with E-state index in [1.807, 2.05) is 0 Å². The summed E-state index contributed by atoms with van der Waals surface area (Å²) in [5.74, 6) is 1.39. The second kappa shape index (κ2) is 7.04. The lowest BCUT2D eigenvalue weighted by atomic mass is 9.89. The van der Waals surface area contributed by atoms with E-state index in [1.54, 1.807) is 0 Å². The van der Waals surface area contributed by atoms with Gasteiger partial charge in [0.2, 0.25) is 0 Å². The Morgan fingerprint density at radius 3 is 2.23 bits per heavy atom. The van der Waals surface area contributed by atoms with Crippen molar-refractivity contribution in [1.29, 1.82) is 0 Å². The quantitative estimate of drug-likeness (QED) is 0.373. The van der Waals surface area contributed by atoms with Gasteiger partial charge in [-0.15, -0.1) is 0 Å². The number of nitrogens with zero attached hydrogens (tertiary/aromatic N) is 4. The van der Waals surface area contributed by atoms with Crippen LogP contribution in [0.2, 0.25) is 0 Å². The number of rotatable bonds is 3. The molecule has 0 spiro atoms. The number of para-hydroxylation sites is 2. The third-order valence-electron chi connectivity index (χ3n) is 5.88. The molecule has 4 nitrogen and oxygen atoms in total. The minimum absolute atomic E-state index is 0.0370. The van der Waals surface area contributed by atoms with Gasteiger partial charge < -0.3 is 0 Å². The molecule has 0 aliphatic carbocycles. The number of aromatic nitrogens is 4. The van der Waals surface area contributed by atoms with Crippen LogP contribution in [0, 0.1) is 0 Å². The summed E-state index contributed by atoms with van der Waals surface area (Å²) in [7, 11) is 0. The Bertz CT molecular complexity index is 1240. The van der Waals surface area contributed by atoms with Crippen LogP contribution in [-0.2, 0) is 10.8 Å². The maximum atomic E-state index is 5.26. The molecule has 0 fully saturated rings. The van der Waals surface area contributed by atoms with E-state index < -0.39 is 0 Å². The summed E-state index contributed by atoms with van der Waals surface area (Å²) in [4.78, 5) is 15.6. The van der Waals surface area contributed by atoms with E-state index in [9.17, 15) is 0 Å². The molecule has 3 heterocycles. The van der Waals surface area contributed by atoms with E-state index in [0.717, 1.165) is 57.6 Å². The number of pyridine rings is 1. The van der Waals surface area contributed by atoms with Crippen LogP contribution in [0.25, 0.3) is 27.6 Å². The van der Waals surface area contributed by atoms with Gasteiger partial charge in [-0.1, -0.05) is 73.9 Å². The van der Waals surface area contributed by atoms with Crippen LogP contribution in [-0.4, -0.2) is 19.4 Å². The standard InChI is InChI=1S/C26H34N4/c1-9-12-16(2)22-21-18(15-20(29-22)25(3,4)5)28-24(26(6,7)8)30-19-14-11-10-13-17(19)27-23(21)30/h10-11,13-16H,9,12H2,1-8H3. The Hall–Kier alpha value is -2.49. The number of hydrogen-bond donors (Lipinski definition) is 0. The average molecular weight is 403 g/mol. The Morgan fingerprint density at radius 1 is 0.900 bits per heavy atom. The van der Waals surface area contributed by atoms with Gasteiger partial charge in [0.25, 0.3) is 0 Å². The fourth-order valence-corrected chi connectivity index (χ4v) is 4.25. The second-order valence-electron chi connectivity index (χ2n) is 10.7. The number of fused-ring (bicyclic) bond motifs is 5. The van der Waals surface area contributed by atoms with Crippen molar-refractivity contribution < 1.29 is 0 Å². The van der Waals surface area contributed by atoms with E-state index >= 15 is 0 Å². The molecular weight excluding hydrogens is 368 g/mol. The first-order chi connectivity index (χ1) is 14.0. The highest BCUT2D eigenvalue weighted by Gasteiger charge is 2.27. The Morgan fingerprint density at radius 2 is 1.60 bits per heavy atom. The van der Waals surface area contributed by atoms with Crippen LogP contribution in [0.4, 0.5) is 0 Å². The molecule has 0 aliphatic heterocycles. The second-order valence-corrected chi connectivity index (χ2v) is 10.7. The van der Waals surface area contributed by atoms with Crippen molar-refractivity contribution in [1.82, 2.24) is 19.4 Å². The summed E-state index contributed by atoms with van der Waals surface area (Å²) in [5, 5.41) is 1.10. The molecule has 0 saturated carbocycles. The molecule has 0 radical (unpaired) electrons. The summed E-state index contributed by atoms with van der Waals surface area (Å²) in [5.41, 5.74) is 6.19. The van der Waals surface area contributed by atoms with Crippen LogP contribution in [0.1, 0.15) is 91.4 Å². The molecule has 158 valence electrons. The van der Waals surface area contributed by atoms with Gasteiger partial charge in [0.1, 0.15) is 5.82 Å². The van der Waals surface area contributed by atoms with E-state index in [0.29, 0.717) is 5.92 Å². The lowest BCUT2D eigenvalue weighted by Gasteiger charge is -2.25. The number of hydrogen-bond acceptors (Lipinski definition) is 3. The van der Waals surface area contributed by atoms with Crippen molar-refractivity contribution in [3.05, 3.63) is 47.5 Å². The molecule has 4 heteroatoms. The van der Waals surface area contributed by atoms with E-state index in [1.165, 1.54) is 0 Å². The lowest BCUT2D eigenvalue weighted by Crippen LogP contribution is -2.21. The monoisotopic (exact) mass is 402 g/mol. The van der Waals surface area contributed by atoms with E-state index in [4.69, 9.17) is 15.0 Å². The van der Waals surface area contributed by atoms with Gasteiger partial charge in [0.05, 0.1) is 27.6 Å². The normalized spacial score (nSPS) is 14.1. The van der Waals surface area contributed by atoms with Crippen molar-refractivity contribution in [2.24, 2.45) is 0 Å². The maximum absolute atomic E-state index is 5.26. The minimum atomic E-state index is -0.115. The molecule has 1 unspecified atom stereocenters. The zero-order valence-corrected chi connectivity index (χ0v) is 19.7. The predicted molar refractivity (Wildman–Crippen MR) is 127 cm³/mol. The van der Waals surface area contributed by atoms with Gasteiger partial charge in [-0.05, 0) is 30.5 Å². The molecule has 0 bridgehead atoms. The third-order valence-corrected chi connectivity index (χ3v) is 5.88. The summed E-state index contributed by atoms with van der Waals surface area (Å²) in [6.07, 6.45) is 2.23. The third kappa shape index (κ3) is 3.36. The Kier molecular flexibility index (Phi) is 4.87. The predicted octanol–water partition coefficient (Wildman–Crippen LogP) is 6.93. The smallest absolute Gasteiger partial charge is 0.150 e. The van der Waals surface area contributed by atoms with Gasteiger partial charge in [-0.25, -0.2) is 9.97 Å². The molecule has 1 atom stereocenters. The van der Waals surface area contributed by atoms with Crippen LogP contribution in [0.3, 0.4) is 0 Å². The fourth-order valence-electron chi connectivity index (χ4n) is 4.25. The van der Waals surface area contributed by atoms with Crippen molar-refractivity contribution in [3.8, 4) is 0 Å². The number of benzene rings is 1. The van der Waals surface area contributed by atoms with Crippen molar-refractivity contribution >= 4 is 27.6 Å². The lowest BCUT2D eigenvalue weighted by molar-refractivity contribution is 0.540. The molecule has 0 N–H and O–H groups in total. The first-order valence-electron chi connectivity index (χ1n) is 11.1. The zero-order chi connectivity index (χ0) is 21.8. The highest BCUT2D eigenvalue weighted by atomic mass is 15.1. The van der Waals surface area contributed by atoms with Crippen molar-refractivity contribution in [2.45, 2.75) is 85.0 Å². The van der Waals surface area contributed by atoms with Crippen LogP contribution in [0.15, 0.2) is 30.3 Å². The molecule has 0 aliphatic rings. The van der Waals surface area contributed by atoms with Gasteiger partial charge in [-0.3, -0.25) is 9.38 Å². The minimum Gasteiger partial charge on any atom is -0.279 e. The number of imidazole rings is 1. The topological polar surface area (TPSA) is 43.1 Å². The summed E-state index contributed by atoms with van der Waals surface area (Å²) in [6.45, 7) is 17.9. The maximum Gasteiger partial charge on any atom is 0.150 e. The summed E-state index contributed by atoms with van der Waals surface area (Å²) >= 11 is 0. The van der Waals surface area contributed by atoms with Crippen LogP contribution >= 0.6 is 0 Å². The summed E-state index contributed by atoms with van der Waals surface area (Å²) < 4.78 is 2.26. The molecule has 4 rings (SSSR count). The highest BCUT2D eigenvalue weighted by molar-refractivity contribution is 5.98. The van der Waals surface area contributed by atoms with Crippen molar-refractivity contribution in [3.63, 3.8) is 0 Å². The van der Waals surface area contributed by atoms with E-state index in [-0.39, 0.29) is 10.8 Å². The highest BCUT2D eigenvalue weighted by Crippen LogP contribution is 2.36. The molecule has 30 heavy (non-hydrogen) atoms. The van der Waals surface area contributed by atoms with Gasteiger partial charge in [0, 0.05) is 16.5 Å². The van der Waals surface area contributed by atoms with Crippen LogP contribution < -0.4 is 0 Å². The molecular formula is C26H34N4. The van der Waals surface area contributed by atoms with Gasteiger partial charge in [-0.2, -0.15) is 0 Å². The van der Waals surface area contributed by atoms with Gasteiger partial charge in [0.15, 0.2) is 5.65 Å². The van der Waals surface area contributed by atoms with Gasteiger partial charge >= 0.3 is 0 Å². The largest absolute Gasteiger partial charge is 0.279 e. The molecule has 3 aromatic heterocycles.